The van der Waals surface area contributed by atoms with Crippen molar-refractivity contribution in [3.63, 3.8) is 0 Å². The van der Waals surface area contributed by atoms with Gasteiger partial charge in [-0.3, -0.25) is 0 Å². The average Bonchev–Trinajstić information content (AvgIpc) is 4.01. The van der Waals surface area contributed by atoms with Crippen molar-refractivity contribution in [3.05, 3.63) is 166 Å². The van der Waals surface area contributed by atoms with Crippen molar-refractivity contribution in [1.82, 2.24) is 39.0 Å². The van der Waals surface area contributed by atoms with Gasteiger partial charge < -0.3 is 39.0 Å². The van der Waals surface area contributed by atoms with E-state index in [1.165, 1.54) is 24.3 Å². The van der Waals surface area contributed by atoms with Gasteiger partial charge in [0.25, 0.3) is 0 Å². The van der Waals surface area contributed by atoms with Gasteiger partial charge in [-0.15, -0.1) is 0 Å². The molecule has 18 heteroatoms. The Kier molecular flexibility index (Phi) is 14.1. The maximum absolute atomic E-state index is 13.6. The molecule has 0 spiro atoms. The summed E-state index contributed by atoms with van der Waals surface area (Å²) in [5.74, 6) is 3.79. The standard InChI is InChI=1S/2C26H26ClFN6O/c2*1-33(2)25-20-6-4-5-19(16-7-9-17(28)10-8-16)24(20)31-26(32-25)30-18-11-12-21(22(13-18)35-3)34-14-23(27)29-15-34/h2*7-15,19H,4-6H2,1-3H3,(H,30,31,32)/t2*19-/m10/s1. The topological polar surface area (TPSA) is 136 Å². The van der Waals surface area contributed by atoms with E-state index in [9.17, 15) is 8.78 Å². The number of nitrogens with zero attached hydrogens (tertiary/aromatic N) is 10. The molecule has 2 atom stereocenters. The summed E-state index contributed by atoms with van der Waals surface area (Å²) in [6, 6.07) is 24.9. The summed E-state index contributed by atoms with van der Waals surface area (Å²) >= 11 is 12.0. The lowest BCUT2D eigenvalue weighted by Crippen LogP contribution is -2.21. The molecule has 70 heavy (non-hydrogen) atoms. The SMILES string of the molecule is COc1cc(Nc2nc3c(c(N(C)C)n2)CCC[C@@H]3c2ccc(F)cc2)ccc1-n1cnc(Cl)c1.COc1cc(Nc2nc3c(c(N(C)C)n2)CCC[C@H]3c2ccc(F)cc2)ccc1-n1cnc(Cl)c1. The number of aromatic nitrogens is 8. The van der Waals surface area contributed by atoms with Gasteiger partial charge in [-0.2, -0.15) is 9.97 Å². The first kappa shape index (κ1) is 47.8. The summed E-state index contributed by atoms with van der Waals surface area (Å²) in [6.07, 6.45) is 12.5. The van der Waals surface area contributed by atoms with Crippen LogP contribution in [-0.4, -0.2) is 81.4 Å². The molecule has 0 aliphatic heterocycles. The molecule has 0 saturated heterocycles. The number of rotatable bonds is 12. The highest BCUT2D eigenvalue weighted by molar-refractivity contribution is 6.29. The summed E-state index contributed by atoms with van der Waals surface area (Å²) in [4.78, 5) is 31.8. The number of fused-ring (bicyclic) bond motifs is 2. The lowest BCUT2D eigenvalue weighted by atomic mass is 9.82. The summed E-state index contributed by atoms with van der Waals surface area (Å²) in [5, 5.41) is 7.51. The molecule has 0 bridgehead atoms. The Morgan fingerprint density at radius 2 is 0.971 bits per heavy atom. The molecule has 2 aliphatic carbocycles. The molecule has 360 valence electrons. The van der Waals surface area contributed by atoms with E-state index < -0.39 is 0 Å². The van der Waals surface area contributed by atoms with Crippen LogP contribution in [0.15, 0.2) is 110 Å². The Labute approximate surface area is 415 Å². The first-order chi connectivity index (χ1) is 33.8. The molecule has 4 aromatic carbocycles. The van der Waals surface area contributed by atoms with Crippen molar-refractivity contribution in [2.75, 3.05) is 62.8 Å². The van der Waals surface area contributed by atoms with Crippen LogP contribution in [-0.2, 0) is 12.8 Å². The number of nitrogens with one attached hydrogen (secondary N) is 2. The number of imidazole rings is 2. The summed E-state index contributed by atoms with van der Waals surface area (Å²) in [5.41, 5.74) is 9.59. The Morgan fingerprint density at radius 1 is 0.571 bits per heavy atom. The van der Waals surface area contributed by atoms with Gasteiger partial charge in [0.1, 0.15) is 57.7 Å². The second kappa shape index (κ2) is 20.7. The van der Waals surface area contributed by atoms with Gasteiger partial charge in [0.15, 0.2) is 0 Å². The Morgan fingerprint density at radius 3 is 1.31 bits per heavy atom. The number of anilines is 6. The highest BCUT2D eigenvalue weighted by atomic mass is 35.5. The van der Waals surface area contributed by atoms with Crippen molar-refractivity contribution in [1.29, 1.82) is 0 Å². The van der Waals surface area contributed by atoms with Crippen LogP contribution < -0.4 is 29.9 Å². The molecule has 0 saturated carbocycles. The monoisotopic (exact) mass is 984 g/mol. The van der Waals surface area contributed by atoms with Gasteiger partial charge in [-0.1, -0.05) is 47.5 Å². The maximum Gasteiger partial charge on any atom is 0.229 e. The van der Waals surface area contributed by atoms with Gasteiger partial charge in [-0.05, 0) is 98.2 Å². The normalized spacial score (nSPS) is 14.9. The van der Waals surface area contributed by atoms with Gasteiger partial charge in [-0.25, -0.2) is 28.7 Å². The Hall–Kier alpha value is -7.30. The number of benzene rings is 4. The molecule has 2 N–H and O–H groups in total. The van der Waals surface area contributed by atoms with E-state index >= 15 is 0 Å². The van der Waals surface area contributed by atoms with Crippen LogP contribution in [0.4, 0.5) is 43.7 Å². The van der Waals surface area contributed by atoms with E-state index in [1.807, 2.05) is 98.7 Å². The van der Waals surface area contributed by atoms with E-state index in [4.69, 9.17) is 52.6 Å². The van der Waals surface area contributed by atoms with E-state index in [1.54, 1.807) is 48.4 Å². The fraction of sp³-hybridized carbons (Fsp3) is 0.269. The molecule has 4 heterocycles. The second-order valence-electron chi connectivity index (χ2n) is 17.5. The number of methoxy groups -OCH3 is 2. The third kappa shape index (κ3) is 10.3. The van der Waals surface area contributed by atoms with E-state index in [0.29, 0.717) is 33.7 Å². The summed E-state index contributed by atoms with van der Waals surface area (Å²) < 4.78 is 42.0. The minimum Gasteiger partial charge on any atom is -0.494 e. The van der Waals surface area contributed by atoms with Crippen LogP contribution in [0.5, 0.6) is 11.5 Å². The molecule has 0 amide bonds. The van der Waals surface area contributed by atoms with Crippen LogP contribution in [0.1, 0.15) is 71.2 Å². The van der Waals surface area contributed by atoms with Crippen LogP contribution in [0.3, 0.4) is 0 Å². The molecular weight excluding hydrogens is 934 g/mol. The van der Waals surface area contributed by atoms with Crippen molar-refractivity contribution in [2.24, 2.45) is 0 Å². The van der Waals surface area contributed by atoms with E-state index in [2.05, 4.69) is 20.6 Å². The van der Waals surface area contributed by atoms with Crippen LogP contribution in [0, 0.1) is 11.6 Å². The minimum absolute atomic E-state index is 0.0875. The lowest BCUT2D eigenvalue weighted by Gasteiger charge is -2.29. The highest BCUT2D eigenvalue weighted by Gasteiger charge is 2.30. The lowest BCUT2D eigenvalue weighted by molar-refractivity contribution is 0.413. The van der Waals surface area contributed by atoms with Crippen LogP contribution >= 0.6 is 23.2 Å². The summed E-state index contributed by atoms with van der Waals surface area (Å²) in [7, 11) is 11.2. The minimum atomic E-state index is -0.237. The van der Waals surface area contributed by atoms with Crippen molar-refractivity contribution < 1.29 is 18.3 Å². The van der Waals surface area contributed by atoms with Gasteiger partial charge in [0, 0.05) is 87.1 Å². The molecule has 14 nitrogen and oxygen atoms in total. The van der Waals surface area contributed by atoms with Gasteiger partial charge >= 0.3 is 0 Å². The molecule has 0 unspecified atom stereocenters. The number of ether oxygens (including phenoxy) is 2. The second-order valence-corrected chi connectivity index (χ2v) is 18.3. The zero-order valence-electron chi connectivity index (χ0n) is 39.6. The van der Waals surface area contributed by atoms with E-state index in [0.717, 1.165) is 107 Å². The molecule has 0 radical (unpaired) electrons. The predicted molar refractivity (Wildman–Crippen MR) is 272 cm³/mol. The fourth-order valence-electron chi connectivity index (χ4n) is 9.22. The van der Waals surface area contributed by atoms with Crippen molar-refractivity contribution in [3.8, 4) is 22.9 Å². The zero-order valence-corrected chi connectivity index (χ0v) is 41.1. The van der Waals surface area contributed by atoms with Crippen LogP contribution in [0.2, 0.25) is 10.3 Å². The van der Waals surface area contributed by atoms with Crippen LogP contribution in [0.25, 0.3) is 11.4 Å². The van der Waals surface area contributed by atoms with Crippen molar-refractivity contribution >= 4 is 58.1 Å². The highest BCUT2D eigenvalue weighted by Crippen LogP contribution is 2.42. The van der Waals surface area contributed by atoms with Crippen molar-refractivity contribution in [2.45, 2.75) is 50.4 Å². The Bertz CT molecular complexity index is 2920. The van der Waals surface area contributed by atoms with Gasteiger partial charge in [0.05, 0.1) is 37.0 Å². The zero-order chi connectivity index (χ0) is 49.1. The van der Waals surface area contributed by atoms with Gasteiger partial charge in [0.2, 0.25) is 11.9 Å². The summed E-state index contributed by atoms with van der Waals surface area (Å²) in [6.45, 7) is 0. The number of hydrogen-bond acceptors (Lipinski definition) is 12. The quantitative estimate of drug-likeness (QED) is 0.121. The third-order valence-corrected chi connectivity index (χ3v) is 12.8. The molecule has 10 rings (SSSR count). The first-order valence-corrected chi connectivity index (χ1v) is 23.6. The molecular formula is C52H52Cl2F2N12O2. The molecule has 4 aromatic heterocycles. The molecule has 8 aromatic rings. The average molecular weight is 986 g/mol. The molecule has 0 fully saturated rings. The van der Waals surface area contributed by atoms with E-state index in [-0.39, 0.29) is 23.5 Å². The predicted octanol–water partition coefficient (Wildman–Crippen LogP) is 11.5. The first-order valence-electron chi connectivity index (χ1n) is 22.8. The Balaban J connectivity index is 0.000000174. The third-order valence-electron chi connectivity index (χ3n) is 12.5. The molecule has 2 aliphatic rings. The smallest absolute Gasteiger partial charge is 0.229 e. The largest absolute Gasteiger partial charge is 0.494 e. The number of halogens is 4. The fourth-order valence-corrected chi connectivity index (χ4v) is 9.52. The number of hydrogen-bond donors (Lipinski definition) is 2. The maximum atomic E-state index is 13.6.